The molecule has 0 amide bonds. The summed E-state index contributed by atoms with van der Waals surface area (Å²) in [5.74, 6) is 0.712. The highest BCUT2D eigenvalue weighted by Crippen LogP contribution is 2.40. The van der Waals surface area contributed by atoms with Crippen LogP contribution in [0.3, 0.4) is 0 Å². The maximum Gasteiger partial charge on any atom is 0.172 e. The molecule has 0 heterocycles. The number of benzene rings is 1. The molecule has 1 atom stereocenters. The predicted octanol–water partition coefficient (Wildman–Crippen LogP) is 6.00. The van der Waals surface area contributed by atoms with Crippen molar-refractivity contribution in [1.29, 1.82) is 0 Å². The second kappa shape index (κ2) is 11.5. The molecule has 1 aliphatic carbocycles. The number of hydrogen-bond donors (Lipinski definition) is 2. The molecule has 28 heavy (non-hydrogen) atoms. The smallest absolute Gasteiger partial charge is 0.172 e. The zero-order valence-electron chi connectivity index (χ0n) is 17.2. The summed E-state index contributed by atoms with van der Waals surface area (Å²) in [5, 5.41) is 19.8. The van der Waals surface area contributed by atoms with Crippen LogP contribution in [0.5, 0.6) is 11.5 Å². The van der Waals surface area contributed by atoms with Crippen LogP contribution in [0, 0.1) is 0 Å². The van der Waals surface area contributed by atoms with Crippen molar-refractivity contribution >= 4 is 17.5 Å². The van der Waals surface area contributed by atoms with Crippen molar-refractivity contribution in [3.8, 4) is 11.5 Å². The van der Waals surface area contributed by atoms with E-state index in [2.05, 4.69) is 6.92 Å². The molecule has 0 saturated heterocycles. The van der Waals surface area contributed by atoms with E-state index in [0.29, 0.717) is 23.7 Å². The van der Waals surface area contributed by atoms with Gasteiger partial charge < -0.3 is 14.9 Å². The third-order valence-electron chi connectivity index (χ3n) is 4.95. The van der Waals surface area contributed by atoms with Crippen molar-refractivity contribution in [2.24, 2.45) is 0 Å². The van der Waals surface area contributed by atoms with Crippen LogP contribution in [-0.2, 0) is 4.79 Å². The number of thioether (sulfide) groups is 1. The van der Waals surface area contributed by atoms with Crippen molar-refractivity contribution < 1.29 is 19.7 Å². The average Bonchev–Trinajstić information content (AvgIpc) is 2.64. The van der Waals surface area contributed by atoms with Crippen LogP contribution >= 0.6 is 11.8 Å². The summed E-state index contributed by atoms with van der Waals surface area (Å²) >= 11 is 1.35. The summed E-state index contributed by atoms with van der Waals surface area (Å²) in [7, 11) is 0. The van der Waals surface area contributed by atoms with Crippen molar-refractivity contribution in [2.45, 2.75) is 88.6 Å². The maximum atomic E-state index is 12.3. The standard InChI is InChI=1S/C23H34O4S/c1-3-4-5-6-7-8-9-10-15-27-20-16-18(24)11-12-22(20)28-21-13-14-23(2,26)17-19(21)25/h11-13,16,24,26H,3-10,14-15,17H2,1-2H3. The van der Waals surface area contributed by atoms with E-state index in [0.717, 1.165) is 17.7 Å². The van der Waals surface area contributed by atoms with Gasteiger partial charge in [-0.15, -0.1) is 0 Å². The Hall–Kier alpha value is -1.46. The fraction of sp³-hybridized carbons (Fsp3) is 0.609. The topological polar surface area (TPSA) is 66.8 Å². The number of ketones is 1. The Morgan fingerprint density at radius 3 is 2.46 bits per heavy atom. The third-order valence-corrected chi connectivity index (χ3v) is 6.12. The van der Waals surface area contributed by atoms with Gasteiger partial charge in [-0.1, -0.05) is 69.7 Å². The average molecular weight is 407 g/mol. The largest absolute Gasteiger partial charge is 0.508 e. The van der Waals surface area contributed by atoms with E-state index in [1.165, 1.54) is 50.3 Å². The number of carbonyl (C=O) groups excluding carboxylic acids is 1. The van der Waals surface area contributed by atoms with Gasteiger partial charge in [0.25, 0.3) is 0 Å². The maximum absolute atomic E-state index is 12.3. The number of allylic oxidation sites excluding steroid dienone is 1. The number of Topliss-reactive ketones (excluding diaryl/α,β-unsaturated/α-hetero) is 1. The molecule has 1 aliphatic rings. The second-order valence-electron chi connectivity index (χ2n) is 7.93. The van der Waals surface area contributed by atoms with E-state index >= 15 is 0 Å². The number of phenolic OH excluding ortho intramolecular Hbond substituents is 1. The molecule has 0 spiro atoms. The van der Waals surface area contributed by atoms with Gasteiger partial charge in [0.15, 0.2) is 5.78 Å². The Labute approximate surface area is 173 Å². The molecular weight excluding hydrogens is 372 g/mol. The fourth-order valence-electron chi connectivity index (χ4n) is 3.26. The molecular formula is C23H34O4S. The first-order valence-electron chi connectivity index (χ1n) is 10.5. The molecule has 0 bridgehead atoms. The molecule has 2 N–H and O–H groups in total. The van der Waals surface area contributed by atoms with Gasteiger partial charge in [-0.2, -0.15) is 0 Å². The lowest BCUT2D eigenvalue weighted by Gasteiger charge is -2.26. The molecule has 0 aliphatic heterocycles. The summed E-state index contributed by atoms with van der Waals surface area (Å²) in [4.78, 5) is 13.7. The number of ether oxygens (including phenoxy) is 1. The highest BCUT2D eigenvalue weighted by atomic mass is 32.2. The Kier molecular flexibility index (Phi) is 9.39. The molecule has 0 saturated carbocycles. The van der Waals surface area contributed by atoms with Crippen LogP contribution in [0.25, 0.3) is 0 Å². The minimum atomic E-state index is -0.952. The number of aromatic hydroxyl groups is 1. The third kappa shape index (κ3) is 7.88. The number of hydrogen-bond acceptors (Lipinski definition) is 5. The molecule has 4 nitrogen and oxygen atoms in total. The first-order chi connectivity index (χ1) is 13.4. The molecule has 0 aromatic heterocycles. The van der Waals surface area contributed by atoms with Gasteiger partial charge in [0, 0.05) is 12.5 Å². The predicted molar refractivity (Wildman–Crippen MR) is 115 cm³/mol. The van der Waals surface area contributed by atoms with E-state index in [1.54, 1.807) is 31.2 Å². The monoisotopic (exact) mass is 406 g/mol. The summed E-state index contributed by atoms with van der Waals surface area (Å²) < 4.78 is 5.91. The lowest BCUT2D eigenvalue weighted by molar-refractivity contribution is -0.119. The Morgan fingerprint density at radius 1 is 1.11 bits per heavy atom. The molecule has 1 unspecified atom stereocenters. The highest BCUT2D eigenvalue weighted by Gasteiger charge is 2.30. The zero-order valence-corrected chi connectivity index (χ0v) is 18.0. The quantitative estimate of drug-likeness (QED) is 0.417. The fourth-order valence-corrected chi connectivity index (χ4v) is 4.20. The summed E-state index contributed by atoms with van der Waals surface area (Å²) in [5.41, 5.74) is -0.952. The minimum absolute atomic E-state index is 0.0525. The Morgan fingerprint density at radius 2 is 1.79 bits per heavy atom. The Bertz CT molecular complexity index is 667. The SMILES string of the molecule is CCCCCCCCCCOc1cc(O)ccc1SC1=CCC(C)(O)CC1=O. The molecule has 1 aromatic rings. The van der Waals surface area contributed by atoms with Crippen LogP contribution in [0.2, 0.25) is 0 Å². The highest BCUT2D eigenvalue weighted by molar-refractivity contribution is 8.04. The normalized spacial score (nSPS) is 19.5. The van der Waals surface area contributed by atoms with Crippen molar-refractivity contribution in [3.05, 3.63) is 29.2 Å². The van der Waals surface area contributed by atoms with E-state index in [9.17, 15) is 15.0 Å². The molecule has 0 radical (unpaired) electrons. The van der Waals surface area contributed by atoms with Gasteiger partial charge in [-0.05, 0) is 31.9 Å². The van der Waals surface area contributed by atoms with Crippen molar-refractivity contribution in [1.82, 2.24) is 0 Å². The second-order valence-corrected chi connectivity index (χ2v) is 9.01. The lowest BCUT2D eigenvalue weighted by atomic mass is 9.91. The molecule has 1 aromatic carbocycles. The van der Waals surface area contributed by atoms with Gasteiger partial charge in [0.2, 0.25) is 0 Å². The van der Waals surface area contributed by atoms with Gasteiger partial charge in [-0.3, -0.25) is 4.79 Å². The lowest BCUT2D eigenvalue weighted by Crippen LogP contribution is -2.30. The number of unbranched alkanes of at least 4 members (excludes halogenated alkanes) is 7. The van der Waals surface area contributed by atoms with Gasteiger partial charge >= 0.3 is 0 Å². The van der Waals surface area contributed by atoms with E-state index in [-0.39, 0.29) is 18.0 Å². The summed E-state index contributed by atoms with van der Waals surface area (Å²) in [6.07, 6.45) is 12.3. The first-order valence-corrected chi connectivity index (χ1v) is 11.3. The summed E-state index contributed by atoms with van der Waals surface area (Å²) in [6, 6.07) is 5.00. The molecule has 156 valence electrons. The van der Waals surface area contributed by atoms with E-state index in [1.807, 2.05) is 0 Å². The molecule has 2 rings (SSSR count). The number of carbonyl (C=O) groups is 1. The van der Waals surface area contributed by atoms with Crippen molar-refractivity contribution in [2.75, 3.05) is 6.61 Å². The van der Waals surface area contributed by atoms with Crippen LogP contribution in [0.1, 0.15) is 78.1 Å². The number of aliphatic hydroxyl groups is 1. The van der Waals surface area contributed by atoms with Crippen molar-refractivity contribution in [3.63, 3.8) is 0 Å². The first kappa shape index (κ1) is 22.8. The van der Waals surface area contributed by atoms with E-state index in [4.69, 9.17) is 4.74 Å². The number of rotatable bonds is 12. The van der Waals surface area contributed by atoms with Crippen LogP contribution in [0.15, 0.2) is 34.1 Å². The van der Waals surface area contributed by atoms with Gasteiger partial charge in [0.05, 0.1) is 22.0 Å². The van der Waals surface area contributed by atoms with E-state index < -0.39 is 5.60 Å². The minimum Gasteiger partial charge on any atom is -0.508 e. The van der Waals surface area contributed by atoms with Gasteiger partial charge in [0.1, 0.15) is 11.5 Å². The molecule has 0 fully saturated rings. The Balaban J connectivity index is 1.82. The van der Waals surface area contributed by atoms with Crippen LogP contribution < -0.4 is 4.74 Å². The van der Waals surface area contributed by atoms with Gasteiger partial charge in [-0.25, -0.2) is 0 Å². The zero-order chi connectivity index (χ0) is 20.4. The van der Waals surface area contributed by atoms with Crippen LogP contribution in [0.4, 0.5) is 0 Å². The number of phenols is 1. The summed E-state index contributed by atoms with van der Waals surface area (Å²) in [6.45, 7) is 4.52. The molecule has 5 heteroatoms. The van der Waals surface area contributed by atoms with Crippen LogP contribution in [-0.4, -0.2) is 28.2 Å².